The highest BCUT2D eigenvalue weighted by molar-refractivity contribution is 5.91. The van der Waals surface area contributed by atoms with E-state index in [-0.39, 0.29) is 18.8 Å². The maximum absolute atomic E-state index is 13.0. The number of hydrazine groups is 1. The lowest BCUT2D eigenvalue weighted by molar-refractivity contribution is 0.0948. The van der Waals surface area contributed by atoms with E-state index in [9.17, 15) is 18.8 Å². The van der Waals surface area contributed by atoms with Crippen LogP contribution >= 0.6 is 0 Å². The summed E-state index contributed by atoms with van der Waals surface area (Å²) in [6, 6.07) is 0. The van der Waals surface area contributed by atoms with E-state index in [0.29, 0.717) is 0 Å². The van der Waals surface area contributed by atoms with Crippen LogP contribution in [0.4, 0.5) is 4.39 Å². The summed E-state index contributed by atoms with van der Waals surface area (Å²) in [6.45, 7) is 0.190. The summed E-state index contributed by atoms with van der Waals surface area (Å²) in [7, 11) is 0. The molecule has 0 saturated carbocycles. The van der Waals surface area contributed by atoms with Gasteiger partial charge in [-0.2, -0.15) is 4.39 Å². The van der Waals surface area contributed by atoms with Crippen LogP contribution in [-0.4, -0.2) is 30.5 Å². The van der Waals surface area contributed by atoms with Crippen molar-refractivity contribution >= 4 is 5.91 Å². The number of rotatable bonds is 4. The maximum Gasteiger partial charge on any atom is 0.328 e. The van der Waals surface area contributed by atoms with Gasteiger partial charge < -0.3 is 0 Å². The Morgan fingerprint density at radius 2 is 2.15 bits per heavy atom. The number of hydrogen-bond acceptors (Lipinski definition) is 6. The van der Waals surface area contributed by atoms with Crippen molar-refractivity contribution < 1.29 is 9.18 Å². The summed E-state index contributed by atoms with van der Waals surface area (Å²) in [6.07, 6.45) is 2.11. The average molecular weight is 283 g/mol. The van der Waals surface area contributed by atoms with Crippen molar-refractivity contribution in [3.63, 3.8) is 0 Å². The molecule has 0 unspecified atom stereocenters. The molecular formula is C9H10FN7O3. The van der Waals surface area contributed by atoms with Crippen molar-refractivity contribution in [2.24, 2.45) is 5.84 Å². The van der Waals surface area contributed by atoms with E-state index >= 15 is 0 Å². The first kappa shape index (κ1) is 13.6. The number of aryl methyl sites for hydroxylation is 2. The zero-order valence-corrected chi connectivity index (χ0v) is 10.0. The Hall–Kier alpha value is -2.82. The fourth-order valence-corrected chi connectivity index (χ4v) is 1.44. The fourth-order valence-electron chi connectivity index (χ4n) is 1.44. The Labute approximate surface area is 110 Å². The molecule has 1 amide bonds. The van der Waals surface area contributed by atoms with E-state index in [2.05, 4.69) is 10.3 Å². The van der Waals surface area contributed by atoms with Gasteiger partial charge in [0.25, 0.3) is 11.5 Å². The number of nitrogen functional groups attached to an aromatic ring is 1. The number of aromatic amines is 1. The number of aromatic nitrogens is 5. The standard InChI is InChI=1S/C9H10FN7O3/c10-5-3-16(9(20)12-7(5)18)1-2-17-4-6(14-15-17)8(19)13-11/h3-4H,1-2,11H2,(H,13,19)(H,12,18,20). The van der Waals surface area contributed by atoms with Crippen molar-refractivity contribution in [2.75, 3.05) is 0 Å². The molecule has 0 radical (unpaired) electrons. The number of nitrogens with zero attached hydrogens (tertiary/aromatic N) is 4. The maximum atomic E-state index is 13.0. The monoisotopic (exact) mass is 283 g/mol. The number of carbonyl (C=O) groups is 1. The summed E-state index contributed by atoms with van der Waals surface area (Å²) >= 11 is 0. The minimum Gasteiger partial charge on any atom is -0.296 e. The molecule has 0 bridgehead atoms. The summed E-state index contributed by atoms with van der Waals surface area (Å²) in [5.41, 5.74) is 0.0844. The number of nitrogens with one attached hydrogen (secondary N) is 2. The van der Waals surface area contributed by atoms with Crippen molar-refractivity contribution in [1.29, 1.82) is 0 Å². The Kier molecular flexibility index (Phi) is 3.70. The van der Waals surface area contributed by atoms with Gasteiger partial charge in [-0.1, -0.05) is 5.21 Å². The third-order valence-electron chi connectivity index (χ3n) is 2.44. The van der Waals surface area contributed by atoms with Crippen molar-refractivity contribution in [1.82, 2.24) is 30.0 Å². The van der Waals surface area contributed by atoms with E-state index in [4.69, 9.17) is 5.84 Å². The molecule has 20 heavy (non-hydrogen) atoms. The number of amides is 1. The van der Waals surface area contributed by atoms with E-state index in [0.717, 1.165) is 10.8 Å². The van der Waals surface area contributed by atoms with Gasteiger partial charge in [0.1, 0.15) is 0 Å². The second kappa shape index (κ2) is 5.44. The molecule has 0 aliphatic rings. The number of carbonyl (C=O) groups excluding carboxylic acids is 1. The molecular weight excluding hydrogens is 273 g/mol. The summed E-state index contributed by atoms with van der Waals surface area (Å²) < 4.78 is 15.3. The zero-order valence-electron chi connectivity index (χ0n) is 10.0. The molecule has 0 atom stereocenters. The van der Waals surface area contributed by atoms with Crippen LogP contribution in [-0.2, 0) is 13.1 Å². The first-order valence-corrected chi connectivity index (χ1v) is 5.41. The molecule has 0 fully saturated rings. The Morgan fingerprint density at radius 1 is 1.40 bits per heavy atom. The van der Waals surface area contributed by atoms with Gasteiger partial charge in [0.2, 0.25) is 5.82 Å². The first-order chi connectivity index (χ1) is 9.51. The number of H-pyrrole nitrogens is 1. The van der Waals surface area contributed by atoms with E-state index in [1.165, 1.54) is 10.9 Å². The van der Waals surface area contributed by atoms with Gasteiger partial charge in [0, 0.05) is 6.54 Å². The normalized spacial score (nSPS) is 10.5. The average Bonchev–Trinajstić information content (AvgIpc) is 2.89. The lowest BCUT2D eigenvalue weighted by Gasteiger charge is -2.04. The van der Waals surface area contributed by atoms with E-state index < -0.39 is 23.0 Å². The first-order valence-electron chi connectivity index (χ1n) is 5.41. The van der Waals surface area contributed by atoms with Crippen LogP contribution in [0.1, 0.15) is 10.5 Å². The fraction of sp³-hybridized carbons (Fsp3) is 0.222. The van der Waals surface area contributed by atoms with Crippen LogP contribution in [0.5, 0.6) is 0 Å². The van der Waals surface area contributed by atoms with Crippen LogP contribution in [0, 0.1) is 5.82 Å². The van der Waals surface area contributed by atoms with E-state index in [1.807, 2.05) is 10.4 Å². The lowest BCUT2D eigenvalue weighted by Crippen LogP contribution is -2.32. The number of hydrogen-bond donors (Lipinski definition) is 3. The van der Waals surface area contributed by atoms with Gasteiger partial charge in [0.15, 0.2) is 5.69 Å². The third kappa shape index (κ3) is 2.77. The molecule has 106 valence electrons. The van der Waals surface area contributed by atoms with Gasteiger partial charge in [0.05, 0.1) is 18.9 Å². The summed E-state index contributed by atoms with van der Waals surface area (Å²) in [4.78, 5) is 35.2. The van der Waals surface area contributed by atoms with Crippen molar-refractivity contribution in [3.8, 4) is 0 Å². The smallest absolute Gasteiger partial charge is 0.296 e. The van der Waals surface area contributed by atoms with Gasteiger partial charge in [-0.15, -0.1) is 5.10 Å². The van der Waals surface area contributed by atoms with Crippen LogP contribution in [0.25, 0.3) is 0 Å². The molecule has 11 heteroatoms. The van der Waals surface area contributed by atoms with Gasteiger partial charge in [-0.25, -0.2) is 15.3 Å². The zero-order chi connectivity index (χ0) is 14.7. The summed E-state index contributed by atoms with van der Waals surface area (Å²) in [5.74, 6) is 3.26. The molecule has 2 aromatic heterocycles. The molecule has 0 aromatic carbocycles. The highest BCUT2D eigenvalue weighted by atomic mass is 19.1. The predicted molar refractivity (Wildman–Crippen MR) is 63.0 cm³/mol. The molecule has 0 aliphatic heterocycles. The van der Waals surface area contributed by atoms with Crippen molar-refractivity contribution in [3.05, 3.63) is 44.7 Å². The lowest BCUT2D eigenvalue weighted by atomic mass is 10.4. The van der Waals surface area contributed by atoms with Gasteiger partial charge in [-0.3, -0.25) is 24.6 Å². The van der Waals surface area contributed by atoms with Crippen LogP contribution in [0.3, 0.4) is 0 Å². The quantitative estimate of drug-likeness (QED) is 0.324. The summed E-state index contributed by atoms with van der Waals surface area (Å²) in [5, 5.41) is 7.19. The minimum atomic E-state index is -1.08. The molecule has 0 aliphatic carbocycles. The molecule has 2 rings (SSSR count). The molecule has 2 aromatic rings. The largest absolute Gasteiger partial charge is 0.328 e. The second-order valence-electron chi connectivity index (χ2n) is 3.77. The Balaban J connectivity index is 2.11. The highest BCUT2D eigenvalue weighted by Gasteiger charge is 2.09. The Morgan fingerprint density at radius 3 is 2.85 bits per heavy atom. The van der Waals surface area contributed by atoms with Crippen molar-refractivity contribution in [2.45, 2.75) is 13.1 Å². The van der Waals surface area contributed by atoms with Crippen LogP contribution in [0.2, 0.25) is 0 Å². The minimum absolute atomic E-state index is 0.00694. The van der Waals surface area contributed by atoms with Gasteiger partial charge in [-0.05, 0) is 0 Å². The molecule has 0 spiro atoms. The highest BCUT2D eigenvalue weighted by Crippen LogP contribution is 1.93. The second-order valence-corrected chi connectivity index (χ2v) is 3.77. The molecule has 10 nitrogen and oxygen atoms in total. The molecule has 2 heterocycles. The van der Waals surface area contributed by atoms with E-state index in [1.54, 1.807) is 0 Å². The SMILES string of the molecule is NNC(=O)c1cn(CCn2cc(F)c(=O)[nH]c2=O)nn1. The predicted octanol–water partition coefficient (Wildman–Crippen LogP) is -2.43. The molecule has 4 N–H and O–H groups in total. The van der Waals surface area contributed by atoms with Crippen LogP contribution < -0.4 is 22.5 Å². The third-order valence-corrected chi connectivity index (χ3v) is 2.44. The van der Waals surface area contributed by atoms with Crippen LogP contribution in [0.15, 0.2) is 22.0 Å². The topological polar surface area (TPSA) is 141 Å². The number of halogens is 1. The van der Waals surface area contributed by atoms with Gasteiger partial charge >= 0.3 is 5.69 Å². The molecule has 0 saturated heterocycles. The number of nitrogens with two attached hydrogens (primary N) is 1. The Bertz CT molecular complexity index is 746.